The Morgan fingerprint density at radius 1 is 1.23 bits per heavy atom. The van der Waals surface area contributed by atoms with Crippen molar-refractivity contribution in [2.75, 3.05) is 7.05 Å². The molecule has 1 aromatic carbocycles. The second kappa shape index (κ2) is 9.75. The van der Waals surface area contributed by atoms with Crippen LogP contribution in [0.25, 0.3) is 0 Å². The van der Waals surface area contributed by atoms with Crippen molar-refractivity contribution < 1.29 is 4.74 Å². The monoisotopic (exact) mass is 472 g/mol. The number of nitrogens with zero attached hydrogens (tertiary/aromatic N) is 4. The lowest BCUT2D eigenvalue weighted by atomic mass is 10.1. The Morgan fingerprint density at radius 3 is 2.50 bits per heavy atom. The van der Waals surface area contributed by atoms with E-state index in [0.29, 0.717) is 19.0 Å². The second-order valence-corrected chi connectivity index (χ2v) is 6.90. The van der Waals surface area contributed by atoms with Crippen LogP contribution in [0.3, 0.4) is 0 Å². The number of guanidine groups is 1. The molecule has 1 heterocycles. The molecule has 7 nitrogen and oxygen atoms in total. The van der Waals surface area contributed by atoms with Crippen LogP contribution in [0.2, 0.25) is 0 Å². The fourth-order valence-corrected chi connectivity index (χ4v) is 2.28. The average molecular weight is 472 g/mol. The molecule has 8 heteroatoms. The molecule has 0 aliphatic rings. The highest BCUT2D eigenvalue weighted by atomic mass is 127. The lowest BCUT2D eigenvalue weighted by Gasteiger charge is -2.24. The zero-order chi connectivity index (χ0) is 18.4. The van der Waals surface area contributed by atoms with Gasteiger partial charge >= 0.3 is 0 Å². The summed E-state index contributed by atoms with van der Waals surface area (Å²) in [6.07, 6.45) is 1.54. The van der Waals surface area contributed by atoms with Gasteiger partial charge in [0.2, 0.25) is 0 Å². The number of halogens is 1. The number of hydrogen-bond acceptors (Lipinski definition) is 4. The first-order chi connectivity index (χ1) is 11.8. The van der Waals surface area contributed by atoms with Gasteiger partial charge in [-0.15, -0.1) is 24.0 Å². The van der Waals surface area contributed by atoms with Crippen LogP contribution in [-0.2, 0) is 20.1 Å². The summed E-state index contributed by atoms with van der Waals surface area (Å²) in [7, 11) is 3.61. The highest BCUT2D eigenvalue weighted by molar-refractivity contribution is 14.0. The van der Waals surface area contributed by atoms with Gasteiger partial charge in [0.05, 0.1) is 6.54 Å². The minimum atomic E-state index is -0.242. The topological polar surface area (TPSA) is 76.4 Å². The summed E-state index contributed by atoms with van der Waals surface area (Å²) in [5.41, 5.74) is 2.02. The molecular formula is C18H29IN6O. The summed E-state index contributed by atoms with van der Waals surface area (Å²) >= 11 is 0. The number of aryl methyl sites for hydroxylation is 2. The summed E-state index contributed by atoms with van der Waals surface area (Å²) in [6.45, 7) is 9.38. The Labute approximate surface area is 172 Å². The van der Waals surface area contributed by atoms with Gasteiger partial charge < -0.3 is 15.4 Å². The van der Waals surface area contributed by atoms with Crippen LogP contribution in [0.15, 0.2) is 29.5 Å². The smallest absolute Gasteiger partial charge is 0.191 e. The van der Waals surface area contributed by atoms with Crippen molar-refractivity contribution in [2.45, 2.75) is 46.4 Å². The van der Waals surface area contributed by atoms with Gasteiger partial charge in [-0.3, -0.25) is 9.67 Å². The highest BCUT2D eigenvalue weighted by Crippen LogP contribution is 2.24. The molecule has 2 rings (SSSR count). The normalized spacial score (nSPS) is 11.7. The summed E-state index contributed by atoms with van der Waals surface area (Å²) in [5, 5.41) is 10.6. The number of aliphatic imine (C=N–C) groups is 1. The Bertz CT molecular complexity index is 736. The first-order valence-corrected chi connectivity index (χ1v) is 8.34. The lowest BCUT2D eigenvalue weighted by Crippen LogP contribution is -2.37. The largest absolute Gasteiger partial charge is 0.488 e. The lowest BCUT2D eigenvalue weighted by molar-refractivity contribution is 0.129. The Hall–Kier alpha value is -1.84. The third-order valence-electron chi connectivity index (χ3n) is 3.53. The molecule has 0 fully saturated rings. The number of ether oxygens (including phenoxy) is 1. The van der Waals surface area contributed by atoms with Gasteiger partial charge in [0.15, 0.2) is 5.96 Å². The Morgan fingerprint density at radius 2 is 1.92 bits per heavy atom. The van der Waals surface area contributed by atoms with Gasteiger partial charge in [-0.2, -0.15) is 5.10 Å². The quantitative estimate of drug-likeness (QED) is 0.398. The van der Waals surface area contributed by atoms with E-state index in [0.717, 1.165) is 17.1 Å². The fourth-order valence-electron chi connectivity index (χ4n) is 2.28. The average Bonchev–Trinajstić information content (AvgIpc) is 2.93. The van der Waals surface area contributed by atoms with Crippen LogP contribution < -0.4 is 15.4 Å². The van der Waals surface area contributed by atoms with Crippen LogP contribution in [0.1, 0.15) is 37.7 Å². The molecule has 0 bridgehead atoms. The summed E-state index contributed by atoms with van der Waals surface area (Å²) in [5.74, 6) is 2.43. The maximum absolute atomic E-state index is 6.09. The van der Waals surface area contributed by atoms with E-state index in [4.69, 9.17) is 4.74 Å². The van der Waals surface area contributed by atoms with Crippen LogP contribution >= 0.6 is 24.0 Å². The molecule has 0 saturated carbocycles. The molecule has 0 aliphatic heterocycles. The van der Waals surface area contributed by atoms with E-state index in [-0.39, 0.29) is 29.6 Å². The van der Waals surface area contributed by atoms with Crippen LogP contribution in [0.5, 0.6) is 5.75 Å². The third kappa shape index (κ3) is 6.81. The molecule has 0 aliphatic carbocycles. The van der Waals surface area contributed by atoms with Gasteiger partial charge in [0, 0.05) is 26.2 Å². The van der Waals surface area contributed by atoms with Gasteiger partial charge in [0.1, 0.15) is 23.5 Å². The maximum Gasteiger partial charge on any atom is 0.191 e. The molecule has 0 radical (unpaired) electrons. The molecule has 0 saturated heterocycles. The Kier molecular flexibility index (Phi) is 8.32. The fraction of sp³-hybridized carbons (Fsp3) is 0.500. The minimum Gasteiger partial charge on any atom is -0.488 e. The molecule has 0 spiro atoms. The molecule has 144 valence electrons. The minimum absolute atomic E-state index is 0. The molecule has 0 unspecified atom stereocenters. The first-order valence-electron chi connectivity index (χ1n) is 8.34. The number of aromatic nitrogens is 3. The van der Waals surface area contributed by atoms with Crippen molar-refractivity contribution in [3.8, 4) is 5.75 Å². The van der Waals surface area contributed by atoms with Crippen LogP contribution in [-0.4, -0.2) is 33.4 Å². The first kappa shape index (κ1) is 22.2. The summed E-state index contributed by atoms with van der Waals surface area (Å²) in [6, 6.07) is 6.24. The van der Waals surface area contributed by atoms with Crippen LogP contribution in [0.4, 0.5) is 0 Å². The zero-order valence-electron chi connectivity index (χ0n) is 16.3. The van der Waals surface area contributed by atoms with E-state index < -0.39 is 0 Å². The summed E-state index contributed by atoms with van der Waals surface area (Å²) in [4.78, 5) is 8.44. The van der Waals surface area contributed by atoms with Gasteiger partial charge in [-0.1, -0.05) is 12.1 Å². The van der Waals surface area contributed by atoms with Crippen LogP contribution in [0, 0.1) is 6.92 Å². The van der Waals surface area contributed by atoms with E-state index in [9.17, 15) is 0 Å². The van der Waals surface area contributed by atoms with Crippen molar-refractivity contribution >= 4 is 29.9 Å². The van der Waals surface area contributed by atoms with E-state index in [1.54, 1.807) is 11.7 Å². The van der Waals surface area contributed by atoms with Crippen molar-refractivity contribution in [2.24, 2.45) is 12.0 Å². The van der Waals surface area contributed by atoms with Crippen molar-refractivity contribution in [1.82, 2.24) is 25.4 Å². The van der Waals surface area contributed by atoms with Gasteiger partial charge in [-0.05, 0) is 39.3 Å². The van der Waals surface area contributed by atoms with Gasteiger partial charge in [-0.25, -0.2) is 4.98 Å². The van der Waals surface area contributed by atoms with Crippen molar-refractivity contribution in [3.63, 3.8) is 0 Å². The highest BCUT2D eigenvalue weighted by Gasteiger charge is 2.15. The SMILES string of the molecule is CN=C(NCc1ccc(C)cc1OC(C)(C)C)NCc1ncnn1C.I. The molecule has 2 aromatic rings. The molecular weight excluding hydrogens is 443 g/mol. The molecule has 0 amide bonds. The Balaban J connectivity index is 0.00000338. The third-order valence-corrected chi connectivity index (χ3v) is 3.53. The van der Waals surface area contributed by atoms with E-state index in [1.807, 2.05) is 27.8 Å². The van der Waals surface area contributed by atoms with Gasteiger partial charge in [0.25, 0.3) is 0 Å². The molecule has 26 heavy (non-hydrogen) atoms. The summed E-state index contributed by atoms with van der Waals surface area (Å²) < 4.78 is 7.82. The van der Waals surface area contributed by atoms with Crippen molar-refractivity contribution in [3.05, 3.63) is 41.5 Å². The van der Waals surface area contributed by atoms with E-state index >= 15 is 0 Å². The number of hydrogen-bond donors (Lipinski definition) is 2. The number of nitrogens with one attached hydrogen (secondary N) is 2. The van der Waals surface area contributed by atoms with Crippen molar-refractivity contribution in [1.29, 1.82) is 0 Å². The zero-order valence-corrected chi connectivity index (χ0v) is 18.7. The number of rotatable bonds is 5. The molecule has 1 aromatic heterocycles. The predicted octanol–water partition coefficient (Wildman–Crippen LogP) is 2.78. The predicted molar refractivity (Wildman–Crippen MR) is 115 cm³/mol. The van der Waals surface area contributed by atoms with E-state index in [1.165, 1.54) is 11.9 Å². The van der Waals surface area contributed by atoms with E-state index in [2.05, 4.69) is 50.8 Å². The number of benzene rings is 1. The molecule has 2 N–H and O–H groups in total. The maximum atomic E-state index is 6.09. The second-order valence-electron chi connectivity index (χ2n) is 6.90. The standard InChI is InChI=1S/C18H28N6O.HI/c1-13-7-8-14(15(9-13)25-18(2,3)4)10-20-17(19-5)21-11-16-22-12-23-24(16)6;/h7-9,12H,10-11H2,1-6H3,(H2,19,20,21);1H. The molecule has 0 atom stereocenters.